The Labute approximate surface area is 78.0 Å². The Balaban J connectivity index is 2.93. The maximum absolute atomic E-state index is 11.0. The molecule has 0 fully saturated rings. The smallest absolute Gasteiger partial charge is 0.274 e. The normalized spacial score (nSPS) is 12.2. The minimum atomic E-state index is -1.05. The molecule has 1 aromatic carbocycles. The van der Waals surface area contributed by atoms with E-state index in [1.54, 1.807) is 18.4 Å². The molecule has 0 saturated carbocycles. The molecule has 0 aliphatic rings. The number of hydrogen-bond acceptors (Lipinski definition) is 3. The van der Waals surface area contributed by atoms with Gasteiger partial charge in [0.2, 0.25) is 0 Å². The minimum Gasteiger partial charge on any atom is -0.288 e. The molecule has 5 heteroatoms. The highest BCUT2D eigenvalue weighted by Gasteiger charge is 2.03. The molecule has 0 heterocycles. The third kappa shape index (κ3) is 2.37. The van der Waals surface area contributed by atoms with Crippen LogP contribution in [0.25, 0.3) is 0 Å². The molecule has 0 spiro atoms. The molecule has 2 N–H and O–H groups in total. The van der Waals surface area contributed by atoms with E-state index in [0.717, 1.165) is 0 Å². The number of carbonyl (C=O) groups excluding carboxylic acids is 1. The summed E-state index contributed by atoms with van der Waals surface area (Å²) in [6.07, 6.45) is 1.56. The molecule has 0 aromatic heterocycles. The molecule has 1 atom stereocenters. The van der Waals surface area contributed by atoms with Crippen molar-refractivity contribution < 1.29 is 14.2 Å². The molecular formula is C8H9NO3S. The fraction of sp³-hybridized carbons (Fsp3) is 0.125. The van der Waals surface area contributed by atoms with E-state index >= 15 is 0 Å². The summed E-state index contributed by atoms with van der Waals surface area (Å²) >= 11 is 0. The van der Waals surface area contributed by atoms with Crippen LogP contribution >= 0.6 is 0 Å². The third-order valence-electron chi connectivity index (χ3n) is 1.55. The van der Waals surface area contributed by atoms with Gasteiger partial charge in [0.1, 0.15) is 0 Å². The summed E-state index contributed by atoms with van der Waals surface area (Å²) in [6, 6.07) is 6.17. The van der Waals surface area contributed by atoms with E-state index in [1.807, 2.05) is 0 Å². The number of rotatable bonds is 2. The van der Waals surface area contributed by atoms with Gasteiger partial charge in [0, 0.05) is 27.5 Å². The van der Waals surface area contributed by atoms with Crippen LogP contribution in [0.5, 0.6) is 0 Å². The molecule has 70 valence electrons. The predicted molar refractivity (Wildman–Crippen MR) is 48.0 cm³/mol. The lowest BCUT2D eigenvalue weighted by molar-refractivity contribution is 0.0706. The van der Waals surface area contributed by atoms with Gasteiger partial charge in [0.05, 0.1) is 0 Å². The monoisotopic (exact) mass is 199 g/mol. The zero-order valence-electron chi connectivity index (χ0n) is 6.98. The van der Waals surface area contributed by atoms with Crippen molar-refractivity contribution in [2.45, 2.75) is 4.90 Å². The van der Waals surface area contributed by atoms with E-state index in [4.69, 9.17) is 5.21 Å². The SMILES string of the molecule is CS(=O)c1ccc(C(=O)NO)cc1. The predicted octanol–water partition coefficient (Wildman–Crippen LogP) is 0.543. The van der Waals surface area contributed by atoms with Gasteiger partial charge in [-0.1, -0.05) is 0 Å². The fourth-order valence-electron chi connectivity index (χ4n) is 0.862. The minimum absolute atomic E-state index is 0.330. The van der Waals surface area contributed by atoms with Gasteiger partial charge >= 0.3 is 0 Å². The van der Waals surface area contributed by atoms with Gasteiger partial charge in [-0.2, -0.15) is 0 Å². The Morgan fingerprint density at radius 2 is 1.92 bits per heavy atom. The maximum Gasteiger partial charge on any atom is 0.274 e. The van der Waals surface area contributed by atoms with Crippen LogP contribution in [0, 0.1) is 0 Å². The molecule has 0 radical (unpaired) electrons. The number of nitrogens with one attached hydrogen (secondary N) is 1. The second-order valence-corrected chi connectivity index (χ2v) is 3.80. The third-order valence-corrected chi connectivity index (χ3v) is 2.49. The molecule has 13 heavy (non-hydrogen) atoms. The highest BCUT2D eigenvalue weighted by atomic mass is 32.2. The molecule has 1 unspecified atom stereocenters. The Morgan fingerprint density at radius 3 is 2.31 bits per heavy atom. The second kappa shape index (κ2) is 4.15. The van der Waals surface area contributed by atoms with Crippen molar-refractivity contribution in [2.75, 3.05) is 6.26 Å². The first-order valence-corrected chi connectivity index (χ1v) is 5.09. The highest BCUT2D eigenvalue weighted by Crippen LogP contribution is 2.07. The molecule has 0 aliphatic heterocycles. The first kappa shape index (κ1) is 9.88. The lowest BCUT2D eigenvalue weighted by Crippen LogP contribution is -2.18. The van der Waals surface area contributed by atoms with Crippen LogP contribution in [0.3, 0.4) is 0 Å². The van der Waals surface area contributed by atoms with Gasteiger partial charge in [-0.25, -0.2) is 5.48 Å². The van der Waals surface area contributed by atoms with Gasteiger partial charge in [-0.3, -0.25) is 14.2 Å². The Hall–Kier alpha value is -1.20. The van der Waals surface area contributed by atoms with Crippen LogP contribution in [0.15, 0.2) is 29.2 Å². The van der Waals surface area contributed by atoms with Gasteiger partial charge in [0.15, 0.2) is 0 Å². The summed E-state index contributed by atoms with van der Waals surface area (Å²) in [5.74, 6) is -0.576. The standard InChI is InChI=1S/C8H9NO3S/c1-13(12)7-4-2-6(3-5-7)8(10)9-11/h2-5,11H,1H3,(H,9,10). The van der Waals surface area contributed by atoms with Crippen molar-refractivity contribution in [1.29, 1.82) is 0 Å². The highest BCUT2D eigenvalue weighted by molar-refractivity contribution is 7.84. The molecule has 1 amide bonds. The van der Waals surface area contributed by atoms with Crippen LogP contribution < -0.4 is 5.48 Å². The zero-order chi connectivity index (χ0) is 9.84. The first-order valence-electron chi connectivity index (χ1n) is 3.53. The van der Waals surface area contributed by atoms with Crippen molar-refractivity contribution in [2.24, 2.45) is 0 Å². The molecule has 0 saturated heterocycles. The number of hydroxylamine groups is 1. The molecule has 1 aromatic rings. The summed E-state index contributed by atoms with van der Waals surface area (Å²) in [6.45, 7) is 0. The summed E-state index contributed by atoms with van der Waals surface area (Å²) in [5.41, 5.74) is 1.85. The van der Waals surface area contributed by atoms with E-state index < -0.39 is 16.7 Å². The average Bonchev–Trinajstić information content (AvgIpc) is 2.17. The second-order valence-electron chi connectivity index (χ2n) is 2.42. The molecule has 0 aliphatic carbocycles. The largest absolute Gasteiger partial charge is 0.288 e. The number of hydrogen-bond donors (Lipinski definition) is 2. The number of benzene rings is 1. The summed E-state index contributed by atoms with van der Waals surface area (Å²) in [5, 5.41) is 8.31. The Kier molecular flexibility index (Phi) is 3.16. The van der Waals surface area contributed by atoms with E-state index in [1.165, 1.54) is 17.6 Å². The summed E-state index contributed by atoms with van der Waals surface area (Å²) in [4.78, 5) is 11.5. The van der Waals surface area contributed by atoms with Crippen LogP contribution in [0.4, 0.5) is 0 Å². The van der Waals surface area contributed by atoms with Gasteiger partial charge in [-0.15, -0.1) is 0 Å². The Bertz CT molecular complexity index is 334. The van der Waals surface area contributed by atoms with Crippen molar-refractivity contribution in [3.63, 3.8) is 0 Å². The van der Waals surface area contributed by atoms with Crippen LogP contribution in [-0.4, -0.2) is 21.6 Å². The quantitative estimate of drug-likeness (QED) is 0.539. The van der Waals surface area contributed by atoms with Crippen molar-refractivity contribution >= 4 is 16.7 Å². The van der Waals surface area contributed by atoms with E-state index in [0.29, 0.717) is 10.5 Å². The lowest BCUT2D eigenvalue weighted by atomic mass is 10.2. The van der Waals surface area contributed by atoms with Gasteiger partial charge < -0.3 is 0 Å². The van der Waals surface area contributed by atoms with E-state index in [9.17, 15) is 9.00 Å². The van der Waals surface area contributed by atoms with E-state index in [-0.39, 0.29) is 0 Å². The van der Waals surface area contributed by atoms with Crippen LogP contribution in [0.2, 0.25) is 0 Å². The van der Waals surface area contributed by atoms with Crippen LogP contribution in [0.1, 0.15) is 10.4 Å². The number of amides is 1. The molecule has 0 bridgehead atoms. The van der Waals surface area contributed by atoms with Crippen molar-refractivity contribution in [3.05, 3.63) is 29.8 Å². The van der Waals surface area contributed by atoms with Crippen molar-refractivity contribution in [1.82, 2.24) is 5.48 Å². The topological polar surface area (TPSA) is 66.4 Å². The maximum atomic E-state index is 11.0. The molecular weight excluding hydrogens is 190 g/mol. The lowest BCUT2D eigenvalue weighted by Gasteiger charge is -1.99. The van der Waals surface area contributed by atoms with Crippen LogP contribution in [-0.2, 0) is 10.8 Å². The molecule has 4 nitrogen and oxygen atoms in total. The summed E-state index contributed by atoms with van der Waals surface area (Å²) in [7, 11) is -1.05. The van der Waals surface area contributed by atoms with E-state index in [2.05, 4.69) is 0 Å². The summed E-state index contributed by atoms with van der Waals surface area (Å²) < 4.78 is 11.0. The fourth-order valence-corrected chi connectivity index (χ4v) is 1.38. The first-order chi connectivity index (χ1) is 6.15. The number of carbonyl (C=O) groups is 1. The average molecular weight is 199 g/mol. The van der Waals surface area contributed by atoms with Gasteiger partial charge in [-0.05, 0) is 24.3 Å². The Morgan fingerprint density at radius 1 is 1.38 bits per heavy atom. The van der Waals surface area contributed by atoms with Crippen molar-refractivity contribution in [3.8, 4) is 0 Å². The zero-order valence-corrected chi connectivity index (χ0v) is 7.80. The molecule has 1 rings (SSSR count). The van der Waals surface area contributed by atoms with Gasteiger partial charge in [0.25, 0.3) is 5.91 Å².